The molecule has 2 heterocycles. The SMILES string of the molecule is CN(CC(=O)NCc1cccs1)C(=O)[C@@]12CCCC[C@H]1CNC2. The van der Waals surface area contributed by atoms with Gasteiger partial charge in [0.05, 0.1) is 18.5 Å². The highest BCUT2D eigenvalue weighted by Crippen LogP contribution is 2.44. The van der Waals surface area contributed by atoms with E-state index in [0.717, 1.165) is 37.2 Å². The van der Waals surface area contributed by atoms with Crippen molar-refractivity contribution in [1.82, 2.24) is 15.5 Å². The molecular formula is C17H25N3O2S. The van der Waals surface area contributed by atoms with Gasteiger partial charge in [0.2, 0.25) is 11.8 Å². The molecule has 23 heavy (non-hydrogen) atoms. The molecule has 2 fully saturated rings. The molecule has 1 aromatic rings. The van der Waals surface area contributed by atoms with E-state index in [4.69, 9.17) is 0 Å². The monoisotopic (exact) mass is 335 g/mol. The summed E-state index contributed by atoms with van der Waals surface area (Å²) in [5.74, 6) is 0.475. The van der Waals surface area contributed by atoms with E-state index in [-0.39, 0.29) is 23.8 Å². The molecule has 1 saturated carbocycles. The molecule has 3 rings (SSSR count). The fraction of sp³-hybridized carbons (Fsp3) is 0.647. The summed E-state index contributed by atoms with van der Waals surface area (Å²) in [7, 11) is 1.76. The average molecular weight is 335 g/mol. The number of likely N-dealkylation sites (N-methyl/N-ethyl adjacent to an activating group) is 1. The van der Waals surface area contributed by atoms with Gasteiger partial charge >= 0.3 is 0 Å². The molecule has 2 amide bonds. The van der Waals surface area contributed by atoms with Crippen LogP contribution < -0.4 is 10.6 Å². The summed E-state index contributed by atoms with van der Waals surface area (Å²) in [5.41, 5.74) is -0.277. The van der Waals surface area contributed by atoms with Crippen molar-refractivity contribution in [2.45, 2.75) is 32.2 Å². The Kier molecular flexibility index (Phi) is 5.02. The van der Waals surface area contributed by atoms with Gasteiger partial charge in [0.1, 0.15) is 0 Å². The van der Waals surface area contributed by atoms with Crippen LogP contribution in [0, 0.1) is 11.3 Å². The Morgan fingerprint density at radius 2 is 2.35 bits per heavy atom. The lowest BCUT2D eigenvalue weighted by Gasteiger charge is -2.39. The van der Waals surface area contributed by atoms with E-state index < -0.39 is 0 Å². The van der Waals surface area contributed by atoms with Gasteiger partial charge in [-0.15, -0.1) is 11.3 Å². The molecule has 0 aromatic carbocycles. The Balaban J connectivity index is 1.55. The zero-order chi connectivity index (χ0) is 16.3. The summed E-state index contributed by atoms with van der Waals surface area (Å²) in [6.07, 6.45) is 4.40. The van der Waals surface area contributed by atoms with E-state index in [1.807, 2.05) is 17.5 Å². The van der Waals surface area contributed by atoms with Crippen LogP contribution in [0.5, 0.6) is 0 Å². The molecular weight excluding hydrogens is 310 g/mol. The number of hydrogen-bond acceptors (Lipinski definition) is 4. The first-order valence-corrected chi connectivity index (χ1v) is 9.25. The summed E-state index contributed by atoms with van der Waals surface area (Å²) in [5, 5.41) is 8.28. The van der Waals surface area contributed by atoms with Crippen molar-refractivity contribution in [2.24, 2.45) is 11.3 Å². The van der Waals surface area contributed by atoms with Gasteiger partial charge in [0, 0.05) is 18.5 Å². The summed E-state index contributed by atoms with van der Waals surface area (Å²) in [4.78, 5) is 27.8. The van der Waals surface area contributed by atoms with Crippen LogP contribution in [-0.4, -0.2) is 43.4 Å². The first kappa shape index (κ1) is 16.5. The Morgan fingerprint density at radius 1 is 1.48 bits per heavy atom. The molecule has 6 heteroatoms. The van der Waals surface area contributed by atoms with Crippen molar-refractivity contribution < 1.29 is 9.59 Å². The van der Waals surface area contributed by atoms with Gasteiger partial charge in [0.15, 0.2) is 0 Å². The van der Waals surface area contributed by atoms with E-state index in [0.29, 0.717) is 12.5 Å². The second-order valence-electron chi connectivity index (χ2n) is 6.75. The van der Waals surface area contributed by atoms with Crippen LogP contribution in [0.4, 0.5) is 0 Å². The minimum absolute atomic E-state index is 0.0936. The van der Waals surface area contributed by atoms with E-state index in [9.17, 15) is 9.59 Å². The third kappa shape index (κ3) is 3.43. The number of rotatable bonds is 5. The van der Waals surface area contributed by atoms with Crippen LogP contribution in [0.25, 0.3) is 0 Å². The highest BCUT2D eigenvalue weighted by atomic mass is 32.1. The molecule has 1 aliphatic heterocycles. The van der Waals surface area contributed by atoms with Gasteiger partial charge in [-0.25, -0.2) is 0 Å². The molecule has 126 valence electrons. The molecule has 0 bridgehead atoms. The summed E-state index contributed by atoms with van der Waals surface area (Å²) in [6.45, 7) is 2.37. The molecule has 2 N–H and O–H groups in total. The zero-order valence-electron chi connectivity index (χ0n) is 13.6. The van der Waals surface area contributed by atoms with E-state index in [2.05, 4.69) is 10.6 Å². The molecule has 0 spiro atoms. The van der Waals surface area contributed by atoms with Crippen molar-refractivity contribution in [3.8, 4) is 0 Å². The smallest absolute Gasteiger partial charge is 0.239 e. The van der Waals surface area contributed by atoms with Gasteiger partial charge in [-0.1, -0.05) is 18.9 Å². The number of amides is 2. The van der Waals surface area contributed by atoms with Crippen molar-refractivity contribution in [1.29, 1.82) is 0 Å². The van der Waals surface area contributed by atoms with Gasteiger partial charge in [-0.3, -0.25) is 9.59 Å². The van der Waals surface area contributed by atoms with E-state index >= 15 is 0 Å². The number of nitrogens with one attached hydrogen (secondary N) is 2. The average Bonchev–Trinajstić information content (AvgIpc) is 3.21. The van der Waals surface area contributed by atoms with Crippen LogP contribution in [0.3, 0.4) is 0 Å². The summed E-state index contributed by atoms with van der Waals surface area (Å²) >= 11 is 1.62. The Labute approximate surface area is 141 Å². The lowest BCUT2D eigenvalue weighted by Crippen LogP contribution is -2.50. The van der Waals surface area contributed by atoms with Crippen molar-refractivity contribution in [3.05, 3.63) is 22.4 Å². The number of thiophene rings is 1. The van der Waals surface area contributed by atoms with Gasteiger partial charge in [-0.2, -0.15) is 0 Å². The van der Waals surface area contributed by atoms with Crippen LogP contribution >= 0.6 is 11.3 Å². The predicted octanol–water partition coefficient (Wildman–Crippen LogP) is 1.60. The minimum atomic E-state index is -0.277. The topological polar surface area (TPSA) is 61.4 Å². The maximum absolute atomic E-state index is 13.0. The Hall–Kier alpha value is -1.40. The molecule has 2 aliphatic rings. The summed E-state index contributed by atoms with van der Waals surface area (Å²) < 4.78 is 0. The predicted molar refractivity (Wildman–Crippen MR) is 91.1 cm³/mol. The number of carbonyl (C=O) groups excluding carboxylic acids is 2. The molecule has 0 radical (unpaired) electrons. The molecule has 1 aromatic heterocycles. The molecule has 1 saturated heterocycles. The second-order valence-corrected chi connectivity index (χ2v) is 7.78. The number of nitrogens with zero attached hydrogens (tertiary/aromatic N) is 1. The third-order valence-electron chi connectivity index (χ3n) is 5.23. The molecule has 0 unspecified atom stereocenters. The molecule has 5 nitrogen and oxygen atoms in total. The highest BCUT2D eigenvalue weighted by molar-refractivity contribution is 7.09. The first-order chi connectivity index (χ1) is 11.1. The van der Waals surface area contributed by atoms with Crippen LogP contribution in [-0.2, 0) is 16.1 Å². The Bertz CT molecular complexity index is 560. The lowest BCUT2D eigenvalue weighted by molar-refractivity contribution is -0.146. The quantitative estimate of drug-likeness (QED) is 0.859. The summed E-state index contributed by atoms with van der Waals surface area (Å²) in [6, 6.07) is 3.97. The van der Waals surface area contributed by atoms with E-state index in [1.165, 1.54) is 6.42 Å². The number of hydrogen-bond donors (Lipinski definition) is 2. The standard InChI is InChI=1S/C17H25N3O2S/c1-20(11-15(21)19-10-14-6-4-8-23-14)16(22)17-7-3-2-5-13(17)9-18-12-17/h4,6,8,13,18H,2-3,5,7,9-12H2,1H3,(H,19,21)/t13-,17+/m0/s1. The van der Waals surface area contributed by atoms with Crippen molar-refractivity contribution >= 4 is 23.2 Å². The third-order valence-corrected chi connectivity index (χ3v) is 6.11. The molecule has 1 aliphatic carbocycles. The van der Waals surface area contributed by atoms with Gasteiger partial charge < -0.3 is 15.5 Å². The van der Waals surface area contributed by atoms with Gasteiger partial charge in [0.25, 0.3) is 0 Å². The zero-order valence-corrected chi connectivity index (χ0v) is 14.5. The van der Waals surface area contributed by atoms with Crippen LogP contribution in [0.1, 0.15) is 30.6 Å². The molecule has 2 atom stereocenters. The normalized spacial score (nSPS) is 26.6. The van der Waals surface area contributed by atoms with Crippen molar-refractivity contribution in [2.75, 3.05) is 26.7 Å². The fourth-order valence-electron chi connectivity index (χ4n) is 3.99. The van der Waals surface area contributed by atoms with Crippen LogP contribution in [0.15, 0.2) is 17.5 Å². The van der Waals surface area contributed by atoms with Crippen molar-refractivity contribution in [3.63, 3.8) is 0 Å². The van der Waals surface area contributed by atoms with E-state index in [1.54, 1.807) is 23.3 Å². The second kappa shape index (κ2) is 7.01. The van der Waals surface area contributed by atoms with Gasteiger partial charge in [-0.05, 0) is 36.8 Å². The maximum atomic E-state index is 13.0. The Morgan fingerprint density at radius 3 is 3.13 bits per heavy atom. The van der Waals surface area contributed by atoms with Crippen LogP contribution in [0.2, 0.25) is 0 Å². The maximum Gasteiger partial charge on any atom is 0.239 e. The fourth-order valence-corrected chi connectivity index (χ4v) is 4.64. The lowest BCUT2D eigenvalue weighted by atomic mass is 9.67. The number of carbonyl (C=O) groups is 2. The number of fused-ring (bicyclic) bond motifs is 1. The first-order valence-electron chi connectivity index (χ1n) is 8.37. The minimum Gasteiger partial charge on any atom is -0.350 e. The highest BCUT2D eigenvalue weighted by Gasteiger charge is 2.50. The largest absolute Gasteiger partial charge is 0.350 e.